The Balaban J connectivity index is 2.44. The van der Waals surface area contributed by atoms with Crippen molar-refractivity contribution in [2.75, 3.05) is 26.7 Å². The lowest BCUT2D eigenvalue weighted by atomic mass is 10.1. The zero-order valence-electron chi connectivity index (χ0n) is 12.6. The summed E-state index contributed by atoms with van der Waals surface area (Å²) in [4.78, 5) is 27.7. The smallest absolute Gasteiger partial charge is 0.239 e. The van der Waals surface area contributed by atoms with Crippen LogP contribution in [0.25, 0.3) is 0 Å². The van der Waals surface area contributed by atoms with E-state index in [2.05, 4.69) is 5.32 Å². The van der Waals surface area contributed by atoms with E-state index >= 15 is 0 Å². The summed E-state index contributed by atoms with van der Waals surface area (Å²) in [5.41, 5.74) is 0. The van der Waals surface area contributed by atoms with Gasteiger partial charge in [0.25, 0.3) is 0 Å². The van der Waals surface area contributed by atoms with Crippen LogP contribution in [0.2, 0.25) is 0 Å². The molecule has 2 amide bonds. The molecule has 5 heteroatoms. The van der Waals surface area contributed by atoms with E-state index < -0.39 is 0 Å². The number of amides is 2. The van der Waals surface area contributed by atoms with Gasteiger partial charge in [-0.2, -0.15) is 0 Å². The molecule has 1 N–H and O–H groups in total. The maximum absolute atomic E-state index is 12.3. The van der Waals surface area contributed by atoms with Gasteiger partial charge < -0.3 is 10.2 Å². The van der Waals surface area contributed by atoms with Gasteiger partial charge in [0.1, 0.15) is 0 Å². The zero-order valence-corrected chi connectivity index (χ0v) is 12.6. The molecule has 1 saturated heterocycles. The summed E-state index contributed by atoms with van der Waals surface area (Å²) >= 11 is 0. The van der Waals surface area contributed by atoms with Crippen LogP contribution in [0.15, 0.2) is 0 Å². The fraction of sp³-hybridized carbons (Fsp3) is 0.857. The number of carbonyl (C=O) groups is 2. The van der Waals surface area contributed by atoms with Gasteiger partial charge in [0.2, 0.25) is 11.8 Å². The molecule has 5 nitrogen and oxygen atoms in total. The summed E-state index contributed by atoms with van der Waals surface area (Å²) in [5.74, 6) is 0.107. The standard InChI is InChI=1S/C14H27N3O2/c1-11(2)15-13(18)10-16(4)12(3)14(19)17-8-6-5-7-9-17/h11-12H,5-10H2,1-4H3,(H,15,18)/t12-/m0/s1. The normalized spacial score (nSPS) is 17.7. The first kappa shape index (κ1) is 16.0. The van der Waals surface area contributed by atoms with Crippen molar-refractivity contribution in [3.8, 4) is 0 Å². The summed E-state index contributed by atoms with van der Waals surface area (Å²) < 4.78 is 0. The van der Waals surface area contributed by atoms with Crippen molar-refractivity contribution in [1.82, 2.24) is 15.1 Å². The topological polar surface area (TPSA) is 52.7 Å². The van der Waals surface area contributed by atoms with Crippen LogP contribution in [0.3, 0.4) is 0 Å². The Morgan fingerprint density at radius 2 is 1.74 bits per heavy atom. The van der Waals surface area contributed by atoms with Crippen LogP contribution in [-0.4, -0.2) is 60.4 Å². The maximum Gasteiger partial charge on any atom is 0.239 e. The molecule has 1 heterocycles. The van der Waals surface area contributed by atoms with Gasteiger partial charge in [-0.15, -0.1) is 0 Å². The second kappa shape index (κ2) is 7.48. The van der Waals surface area contributed by atoms with E-state index in [0.29, 0.717) is 0 Å². The summed E-state index contributed by atoms with van der Waals surface area (Å²) in [6.45, 7) is 7.71. The summed E-state index contributed by atoms with van der Waals surface area (Å²) in [6.07, 6.45) is 3.40. The van der Waals surface area contributed by atoms with Gasteiger partial charge in [0, 0.05) is 19.1 Å². The van der Waals surface area contributed by atoms with Crippen molar-refractivity contribution in [2.45, 2.75) is 52.1 Å². The molecule has 1 atom stereocenters. The fourth-order valence-corrected chi connectivity index (χ4v) is 2.30. The van der Waals surface area contributed by atoms with Crippen LogP contribution in [0.4, 0.5) is 0 Å². The predicted molar refractivity (Wildman–Crippen MR) is 75.8 cm³/mol. The minimum Gasteiger partial charge on any atom is -0.353 e. The first-order valence-electron chi connectivity index (χ1n) is 7.20. The number of likely N-dealkylation sites (N-methyl/N-ethyl adjacent to an activating group) is 1. The van der Waals surface area contributed by atoms with Gasteiger partial charge in [-0.3, -0.25) is 14.5 Å². The van der Waals surface area contributed by atoms with Crippen LogP contribution >= 0.6 is 0 Å². The van der Waals surface area contributed by atoms with Crippen LogP contribution in [0, 0.1) is 0 Å². The van der Waals surface area contributed by atoms with Crippen LogP contribution in [-0.2, 0) is 9.59 Å². The van der Waals surface area contributed by atoms with Crippen LogP contribution in [0.5, 0.6) is 0 Å². The summed E-state index contributed by atoms with van der Waals surface area (Å²) in [7, 11) is 1.83. The number of likely N-dealkylation sites (tertiary alicyclic amines) is 1. The van der Waals surface area contributed by atoms with Gasteiger partial charge in [-0.05, 0) is 47.1 Å². The first-order chi connectivity index (χ1) is 8.91. The molecule has 19 heavy (non-hydrogen) atoms. The molecule has 0 aromatic heterocycles. The average molecular weight is 269 g/mol. The molecule has 0 bridgehead atoms. The van der Waals surface area contributed by atoms with Gasteiger partial charge in [0.15, 0.2) is 0 Å². The minimum absolute atomic E-state index is 0.0317. The highest BCUT2D eigenvalue weighted by Gasteiger charge is 2.25. The Morgan fingerprint density at radius 1 is 1.16 bits per heavy atom. The number of piperidine rings is 1. The van der Waals surface area contributed by atoms with Gasteiger partial charge >= 0.3 is 0 Å². The number of nitrogens with one attached hydrogen (secondary N) is 1. The van der Waals surface area contributed by atoms with Gasteiger partial charge in [0.05, 0.1) is 12.6 Å². The molecule has 1 aliphatic rings. The Labute approximate surface area is 116 Å². The number of carbonyl (C=O) groups excluding carboxylic acids is 2. The Morgan fingerprint density at radius 3 is 2.26 bits per heavy atom. The molecule has 0 aromatic carbocycles. The van der Waals surface area contributed by atoms with E-state index in [1.165, 1.54) is 6.42 Å². The molecule has 0 radical (unpaired) electrons. The number of rotatable bonds is 5. The molecular weight excluding hydrogens is 242 g/mol. The van der Waals surface area contributed by atoms with Gasteiger partial charge in [-0.25, -0.2) is 0 Å². The molecule has 1 aliphatic heterocycles. The van der Waals surface area contributed by atoms with Crippen molar-refractivity contribution in [3.05, 3.63) is 0 Å². The quantitative estimate of drug-likeness (QED) is 0.805. The van der Waals surface area contributed by atoms with Gasteiger partial charge in [-0.1, -0.05) is 0 Å². The number of hydrogen-bond donors (Lipinski definition) is 1. The minimum atomic E-state index is -0.240. The molecule has 0 saturated carbocycles. The molecule has 1 rings (SSSR count). The summed E-state index contributed by atoms with van der Waals surface area (Å²) in [6, 6.07) is -0.106. The van der Waals surface area contributed by atoms with E-state index in [-0.39, 0.29) is 30.4 Å². The van der Waals surface area contributed by atoms with E-state index in [1.54, 1.807) is 0 Å². The fourth-order valence-electron chi connectivity index (χ4n) is 2.30. The second-order valence-electron chi connectivity index (χ2n) is 5.70. The van der Waals surface area contributed by atoms with Crippen molar-refractivity contribution >= 4 is 11.8 Å². The second-order valence-corrected chi connectivity index (χ2v) is 5.70. The first-order valence-corrected chi connectivity index (χ1v) is 7.20. The molecular formula is C14H27N3O2. The summed E-state index contributed by atoms with van der Waals surface area (Å²) in [5, 5.41) is 2.84. The van der Waals surface area contributed by atoms with Crippen LogP contribution in [0.1, 0.15) is 40.0 Å². The largest absolute Gasteiger partial charge is 0.353 e. The average Bonchev–Trinajstić information content (AvgIpc) is 2.36. The Kier molecular flexibility index (Phi) is 6.28. The maximum atomic E-state index is 12.3. The van der Waals surface area contributed by atoms with E-state index in [9.17, 15) is 9.59 Å². The van der Waals surface area contributed by atoms with E-state index in [4.69, 9.17) is 0 Å². The third-order valence-electron chi connectivity index (χ3n) is 3.53. The molecule has 0 aliphatic carbocycles. The molecule has 0 aromatic rings. The molecule has 0 spiro atoms. The lowest BCUT2D eigenvalue weighted by Gasteiger charge is -2.32. The highest BCUT2D eigenvalue weighted by Crippen LogP contribution is 2.11. The number of hydrogen-bond acceptors (Lipinski definition) is 3. The van der Waals surface area contributed by atoms with Crippen molar-refractivity contribution < 1.29 is 9.59 Å². The lowest BCUT2D eigenvalue weighted by molar-refractivity contribution is -0.137. The molecule has 0 unspecified atom stereocenters. The van der Waals surface area contributed by atoms with Crippen molar-refractivity contribution in [1.29, 1.82) is 0 Å². The Bertz CT molecular complexity index is 312. The van der Waals surface area contributed by atoms with Crippen molar-refractivity contribution in [2.24, 2.45) is 0 Å². The predicted octanol–water partition coefficient (Wildman–Crippen LogP) is 0.844. The van der Waals surface area contributed by atoms with Crippen molar-refractivity contribution in [3.63, 3.8) is 0 Å². The van der Waals surface area contributed by atoms with E-state index in [0.717, 1.165) is 25.9 Å². The van der Waals surface area contributed by atoms with E-state index in [1.807, 2.05) is 37.6 Å². The SMILES string of the molecule is CC(C)NC(=O)CN(C)[C@@H](C)C(=O)N1CCCCC1. The highest BCUT2D eigenvalue weighted by molar-refractivity contribution is 5.83. The highest BCUT2D eigenvalue weighted by atomic mass is 16.2. The number of nitrogens with zero attached hydrogens (tertiary/aromatic N) is 2. The van der Waals surface area contributed by atoms with Crippen LogP contribution < -0.4 is 5.32 Å². The Hall–Kier alpha value is -1.10. The zero-order chi connectivity index (χ0) is 14.4. The third kappa shape index (κ3) is 5.19. The third-order valence-corrected chi connectivity index (χ3v) is 3.53. The lowest BCUT2D eigenvalue weighted by Crippen LogP contribution is -2.50. The molecule has 110 valence electrons. The monoisotopic (exact) mass is 269 g/mol. The molecule has 1 fully saturated rings.